The number of carbonyl (C=O) groups excluding carboxylic acids is 1. The van der Waals surface area contributed by atoms with Crippen molar-refractivity contribution in [1.29, 1.82) is 5.26 Å². The number of nitriles is 1. The molecule has 26 heavy (non-hydrogen) atoms. The largest absolute Gasteiger partial charge is 0.302 e. The lowest BCUT2D eigenvalue weighted by Gasteiger charge is -2.01. The molecule has 2 aromatic heterocycles. The van der Waals surface area contributed by atoms with Gasteiger partial charge in [0.15, 0.2) is 5.13 Å². The van der Waals surface area contributed by atoms with Crippen LogP contribution < -0.4 is 5.32 Å². The SMILES string of the molecule is Cc1nc(NC(=O)CCc2cnn(-c3ccccc3)c2)sc1SCC#N. The Balaban J connectivity index is 1.53. The number of carbonyl (C=O) groups is 1. The van der Waals surface area contributed by atoms with E-state index in [2.05, 4.69) is 21.5 Å². The van der Waals surface area contributed by atoms with Gasteiger partial charge >= 0.3 is 0 Å². The average Bonchev–Trinajstić information content (AvgIpc) is 3.25. The second-order valence-electron chi connectivity index (χ2n) is 5.52. The number of hydrogen-bond donors (Lipinski definition) is 1. The zero-order valence-corrected chi connectivity index (χ0v) is 15.8. The minimum absolute atomic E-state index is 0.0805. The molecule has 3 aromatic rings. The van der Waals surface area contributed by atoms with Crippen molar-refractivity contribution in [3.8, 4) is 11.8 Å². The molecule has 132 valence electrons. The maximum Gasteiger partial charge on any atom is 0.226 e. The zero-order valence-electron chi connectivity index (χ0n) is 14.2. The van der Waals surface area contributed by atoms with E-state index in [1.54, 1.807) is 10.9 Å². The van der Waals surface area contributed by atoms with Crippen molar-refractivity contribution in [3.63, 3.8) is 0 Å². The molecule has 0 unspecified atom stereocenters. The van der Waals surface area contributed by atoms with Crippen LogP contribution in [0.25, 0.3) is 5.69 Å². The van der Waals surface area contributed by atoms with Crippen LogP contribution in [0.15, 0.2) is 46.9 Å². The molecule has 0 bridgehead atoms. The molecule has 1 amide bonds. The van der Waals surface area contributed by atoms with Gasteiger partial charge in [-0.3, -0.25) is 4.79 Å². The fourth-order valence-corrected chi connectivity index (χ4v) is 4.13. The Labute approximate surface area is 159 Å². The van der Waals surface area contributed by atoms with Crippen molar-refractivity contribution < 1.29 is 4.79 Å². The highest BCUT2D eigenvalue weighted by Crippen LogP contribution is 2.31. The highest BCUT2D eigenvalue weighted by molar-refractivity contribution is 8.01. The van der Waals surface area contributed by atoms with Crippen LogP contribution in [0.4, 0.5) is 5.13 Å². The summed E-state index contributed by atoms with van der Waals surface area (Å²) >= 11 is 2.84. The molecular formula is C18H17N5OS2. The smallest absolute Gasteiger partial charge is 0.226 e. The number of nitrogens with zero attached hydrogens (tertiary/aromatic N) is 4. The first-order valence-electron chi connectivity index (χ1n) is 8.01. The van der Waals surface area contributed by atoms with Gasteiger partial charge in [-0.2, -0.15) is 10.4 Å². The topological polar surface area (TPSA) is 83.6 Å². The number of rotatable bonds is 7. The predicted octanol–water partition coefficient (Wildman–Crippen LogP) is 3.82. The van der Waals surface area contributed by atoms with Gasteiger partial charge in [0, 0.05) is 12.6 Å². The van der Waals surface area contributed by atoms with Gasteiger partial charge in [-0.05, 0) is 31.0 Å². The van der Waals surface area contributed by atoms with Gasteiger partial charge in [-0.25, -0.2) is 9.67 Å². The number of thiazole rings is 1. The molecule has 0 aliphatic rings. The van der Waals surface area contributed by atoms with E-state index in [-0.39, 0.29) is 5.91 Å². The van der Waals surface area contributed by atoms with E-state index >= 15 is 0 Å². The third-order valence-corrected chi connectivity index (χ3v) is 5.87. The second-order valence-corrected chi connectivity index (χ2v) is 7.76. The van der Waals surface area contributed by atoms with Crippen LogP contribution in [0.1, 0.15) is 17.7 Å². The maximum atomic E-state index is 12.2. The number of benzene rings is 1. The van der Waals surface area contributed by atoms with Crippen molar-refractivity contribution in [1.82, 2.24) is 14.8 Å². The fraction of sp³-hybridized carbons (Fsp3) is 0.222. The molecule has 0 saturated carbocycles. The zero-order chi connectivity index (χ0) is 18.4. The summed E-state index contributed by atoms with van der Waals surface area (Å²) in [4.78, 5) is 16.5. The lowest BCUT2D eigenvalue weighted by molar-refractivity contribution is -0.116. The number of aryl methyl sites for hydroxylation is 2. The predicted molar refractivity (Wildman–Crippen MR) is 104 cm³/mol. The van der Waals surface area contributed by atoms with E-state index in [1.165, 1.54) is 23.1 Å². The highest BCUT2D eigenvalue weighted by Gasteiger charge is 2.11. The van der Waals surface area contributed by atoms with Gasteiger partial charge in [-0.15, -0.1) is 0 Å². The minimum atomic E-state index is -0.0805. The summed E-state index contributed by atoms with van der Waals surface area (Å²) in [6.45, 7) is 1.88. The molecule has 0 saturated heterocycles. The standard InChI is InChI=1S/C18H17N5OS2/c1-13-17(25-10-9-19)26-18(21-13)22-16(24)8-7-14-11-20-23(12-14)15-5-3-2-4-6-15/h2-6,11-12H,7-8,10H2,1H3,(H,21,22,24). The lowest BCUT2D eigenvalue weighted by atomic mass is 10.2. The fourth-order valence-electron chi connectivity index (χ4n) is 2.32. The van der Waals surface area contributed by atoms with Gasteiger partial charge < -0.3 is 5.32 Å². The van der Waals surface area contributed by atoms with E-state index < -0.39 is 0 Å². The van der Waals surface area contributed by atoms with Gasteiger partial charge in [0.1, 0.15) is 0 Å². The van der Waals surface area contributed by atoms with Crippen LogP contribution in [-0.4, -0.2) is 26.4 Å². The van der Waals surface area contributed by atoms with Gasteiger partial charge in [0.2, 0.25) is 5.91 Å². The third kappa shape index (κ3) is 4.71. The first kappa shape index (κ1) is 18.2. The van der Waals surface area contributed by atoms with Crippen LogP contribution in [0.5, 0.6) is 0 Å². The van der Waals surface area contributed by atoms with Crippen LogP contribution >= 0.6 is 23.1 Å². The summed E-state index contributed by atoms with van der Waals surface area (Å²) in [6.07, 6.45) is 4.69. The van der Waals surface area contributed by atoms with Crippen molar-refractivity contribution in [2.45, 2.75) is 24.0 Å². The summed E-state index contributed by atoms with van der Waals surface area (Å²) in [5.41, 5.74) is 2.84. The Morgan fingerprint density at radius 3 is 2.96 bits per heavy atom. The molecule has 1 N–H and O–H groups in total. The molecule has 0 spiro atoms. The molecule has 0 aliphatic heterocycles. The molecule has 8 heteroatoms. The summed E-state index contributed by atoms with van der Waals surface area (Å²) in [5, 5.41) is 16.4. The Bertz CT molecular complexity index is 927. The summed E-state index contributed by atoms with van der Waals surface area (Å²) in [7, 11) is 0. The van der Waals surface area contributed by atoms with Crippen LogP contribution in [-0.2, 0) is 11.2 Å². The number of amides is 1. The van der Waals surface area contributed by atoms with E-state index in [1.807, 2.05) is 43.5 Å². The van der Waals surface area contributed by atoms with Crippen molar-refractivity contribution >= 4 is 34.1 Å². The average molecular weight is 384 g/mol. The Kier molecular flexibility index (Phi) is 6.04. The first-order valence-corrected chi connectivity index (χ1v) is 9.82. The first-order chi connectivity index (χ1) is 12.7. The number of hydrogen-bond acceptors (Lipinski definition) is 6. The molecule has 0 radical (unpaired) electrons. The van der Waals surface area contributed by atoms with Crippen molar-refractivity contribution in [2.75, 3.05) is 11.1 Å². The monoisotopic (exact) mass is 383 g/mol. The van der Waals surface area contributed by atoms with E-state index in [4.69, 9.17) is 5.26 Å². The van der Waals surface area contributed by atoms with Crippen LogP contribution in [0.2, 0.25) is 0 Å². The molecule has 0 fully saturated rings. The molecular weight excluding hydrogens is 366 g/mol. The maximum absolute atomic E-state index is 12.2. The Morgan fingerprint density at radius 2 is 2.19 bits per heavy atom. The van der Waals surface area contributed by atoms with Crippen molar-refractivity contribution in [3.05, 3.63) is 54.0 Å². The number of anilines is 1. The molecule has 3 rings (SSSR count). The number of aromatic nitrogens is 3. The van der Waals surface area contributed by atoms with Crippen LogP contribution in [0.3, 0.4) is 0 Å². The third-order valence-electron chi connectivity index (χ3n) is 3.57. The number of nitrogens with one attached hydrogen (secondary N) is 1. The van der Waals surface area contributed by atoms with Gasteiger partial charge in [-0.1, -0.05) is 41.3 Å². The second kappa shape index (κ2) is 8.65. The Hall–Kier alpha value is -2.63. The minimum Gasteiger partial charge on any atom is -0.302 e. The quantitative estimate of drug-likeness (QED) is 0.627. The highest BCUT2D eigenvalue weighted by atomic mass is 32.2. The molecule has 0 atom stereocenters. The summed E-state index contributed by atoms with van der Waals surface area (Å²) in [5.74, 6) is 0.296. The molecule has 2 heterocycles. The van der Waals surface area contributed by atoms with Gasteiger partial charge in [0.05, 0.1) is 33.6 Å². The van der Waals surface area contributed by atoms with Gasteiger partial charge in [0.25, 0.3) is 0 Å². The normalized spacial score (nSPS) is 10.5. The van der Waals surface area contributed by atoms with E-state index in [9.17, 15) is 4.79 Å². The van der Waals surface area contributed by atoms with E-state index in [0.717, 1.165) is 21.2 Å². The summed E-state index contributed by atoms with van der Waals surface area (Å²) < 4.78 is 2.77. The number of thioether (sulfide) groups is 1. The number of para-hydroxylation sites is 1. The molecule has 1 aromatic carbocycles. The molecule has 6 nitrogen and oxygen atoms in total. The van der Waals surface area contributed by atoms with Crippen LogP contribution in [0, 0.1) is 18.3 Å². The lowest BCUT2D eigenvalue weighted by Crippen LogP contribution is -2.12. The van der Waals surface area contributed by atoms with Crippen molar-refractivity contribution in [2.24, 2.45) is 0 Å². The Morgan fingerprint density at radius 1 is 1.38 bits per heavy atom. The van der Waals surface area contributed by atoms with E-state index in [0.29, 0.717) is 23.7 Å². The summed E-state index contributed by atoms with van der Waals surface area (Å²) in [6, 6.07) is 11.9. The molecule has 0 aliphatic carbocycles.